The van der Waals surface area contributed by atoms with E-state index in [2.05, 4.69) is 13.8 Å². The lowest BCUT2D eigenvalue weighted by Gasteiger charge is -2.12. The normalized spacial score (nSPS) is 12.6. The molecule has 2 nitrogen and oxygen atoms in total. The number of carbonyl (C=O) groups excluding carboxylic acids is 1. The molecular weight excluding hydrogens is 212 g/mol. The number of ketones is 1. The molecule has 96 valence electrons. The lowest BCUT2D eigenvalue weighted by atomic mass is 9.93. The van der Waals surface area contributed by atoms with E-state index in [1.165, 1.54) is 12.8 Å². The molecule has 1 heterocycles. The summed E-state index contributed by atoms with van der Waals surface area (Å²) in [5, 5.41) is 0. The molecule has 0 amide bonds. The van der Waals surface area contributed by atoms with E-state index in [1.54, 1.807) is 0 Å². The van der Waals surface area contributed by atoms with E-state index < -0.39 is 0 Å². The van der Waals surface area contributed by atoms with E-state index in [1.807, 2.05) is 19.1 Å². The fourth-order valence-electron chi connectivity index (χ4n) is 2.02. The van der Waals surface area contributed by atoms with Crippen LogP contribution < -0.4 is 0 Å². The van der Waals surface area contributed by atoms with Crippen molar-refractivity contribution in [3.63, 3.8) is 0 Å². The Hall–Kier alpha value is -1.05. The van der Waals surface area contributed by atoms with Crippen LogP contribution in [0.2, 0.25) is 0 Å². The third kappa shape index (κ3) is 4.37. The van der Waals surface area contributed by atoms with Gasteiger partial charge in [-0.25, -0.2) is 0 Å². The Morgan fingerprint density at radius 1 is 1.29 bits per heavy atom. The van der Waals surface area contributed by atoms with E-state index in [9.17, 15) is 4.79 Å². The van der Waals surface area contributed by atoms with Crippen LogP contribution >= 0.6 is 0 Å². The van der Waals surface area contributed by atoms with Crippen LogP contribution in [0.3, 0.4) is 0 Å². The molecule has 17 heavy (non-hydrogen) atoms. The summed E-state index contributed by atoms with van der Waals surface area (Å²) in [7, 11) is 0. The van der Waals surface area contributed by atoms with Crippen LogP contribution in [-0.2, 0) is 6.42 Å². The maximum Gasteiger partial charge on any atom is 0.198 e. The molecule has 0 saturated carbocycles. The molecule has 2 heteroatoms. The molecule has 0 aromatic carbocycles. The molecule has 1 aromatic rings. The molecule has 0 aliphatic carbocycles. The Morgan fingerprint density at radius 3 is 2.59 bits per heavy atom. The molecular formula is C15H24O2. The van der Waals surface area contributed by atoms with Gasteiger partial charge in [-0.15, -0.1) is 0 Å². The minimum Gasteiger partial charge on any atom is -0.458 e. The first kappa shape index (κ1) is 14.0. The van der Waals surface area contributed by atoms with Crippen LogP contribution in [0.15, 0.2) is 16.5 Å². The molecule has 0 bridgehead atoms. The number of unbranched alkanes of at least 4 members (excludes halogenated alkanes) is 1. The van der Waals surface area contributed by atoms with Crippen molar-refractivity contribution >= 4 is 5.78 Å². The molecule has 0 N–H and O–H groups in total. The summed E-state index contributed by atoms with van der Waals surface area (Å²) in [4.78, 5) is 12.0. The molecule has 1 aromatic heterocycles. The molecule has 1 rings (SSSR count). The van der Waals surface area contributed by atoms with Gasteiger partial charge >= 0.3 is 0 Å². The minimum atomic E-state index is 0.160. The molecule has 0 aliphatic heterocycles. The predicted molar refractivity (Wildman–Crippen MR) is 70.3 cm³/mol. The summed E-state index contributed by atoms with van der Waals surface area (Å²) in [6.45, 7) is 6.38. The van der Waals surface area contributed by atoms with Crippen LogP contribution in [0.1, 0.15) is 69.2 Å². The highest BCUT2D eigenvalue weighted by molar-refractivity contribution is 5.93. The number of hydrogen-bond acceptors (Lipinski definition) is 2. The topological polar surface area (TPSA) is 30.2 Å². The molecule has 0 aliphatic rings. The molecule has 0 spiro atoms. The van der Waals surface area contributed by atoms with Crippen molar-refractivity contribution in [2.45, 2.75) is 59.3 Å². The average Bonchev–Trinajstić information content (AvgIpc) is 2.83. The van der Waals surface area contributed by atoms with Gasteiger partial charge in [0.15, 0.2) is 11.5 Å². The predicted octanol–water partition coefficient (Wildman–Crippen LogP) is 4.63. The van der Waals surface area contributed by atoms with Gasteiger partial charge in [-0.2, -0.15) is 0 Å². The molecule has 0 saturated heterocycles. The van der Waals surface area contributed by atoms with Gasteiger partial charge < -0.3 is 4.42 Å². The summed E-state index contributed by atoms with van der Waals surface area (Å²) in [6.07, 6.45) is 6.12. The summed E-state index contributed by atoms with van der Waals surface area (Å²) in [6, 6.07) is 3.72. The summed E-state index contributed by atoms with van der Waals surface area (Å²) in [5.41, 5.74) is 0. The van der Waals surface area contributed by atoms with Crippen LogP contribution in [0, 0.1) is 5.92 Å². The standard InChI is InChI=1S/C15H24O2/c1-4-7-8-12(5-2)11-14(16)15-10-9-13(6-3)17-15/h9-10,12H,4-8,11H2,1-3H3. The summed E-state index contributed by atoms with van der Waals surface area (Å²) in [5.74, 6) is 2.11. The van der Waals surface area contributed by atoms with E-state index in [-0.39, 0.29) is 5.78 Å². The van der Waals surface area contributed by atoms with Gasteiger partial charge in [-0.05, 0) is 18.1 Å². The Kier molecular flexibility index (Phi) is 6.03. The third-order valence-electron chi connectivity index (χ3n) is 3.30. The number of aryl methyl sites for hydroxylation is 1. The zero-order valence-corrected chi connectivity index (χ0v) is 11.3. The van der Waals surface area contributed by atoms with E-state index in [4.69, 9.17) is 4.42 Å². The second-order valence-corrected chi connectivity index (χ2v) is 4.66. The second kappa shape index (κ2) is 7.31. The summed E-state index contributed by atoms with van der Waals surface area (Å²) < 4.78 is 5.49. The number of hydrogen-bond donors (Lipinski definition) is 0. The highest BCUT2D eigenvalue weighted by atomic mass is 16.3. The Morgan fingerprint density at radius 2 is 2.06 bits per heavy atom. The monoisotopic (exact) mass is 236 g/mol. The van der Waals surface area contributed by atoms with E-state index in [0.29, 0.717) is 18.1 Å². The first-order valence-electron chi connectivity index (χ1n) is 6.83. The molecule has 0 fully saturated rings. The van der Waals surface area contributed by atoms with Crippen LogP contribution in [-0.4, -0.2) is 5.78 Å². The first-order valence-corrected chi connectivity index (χ1v) is 6.83. The number of Topliss-reactive ketones (excluding diaryl/α,β-unsaturated/α-hetero) is 1. The average molecular weight is 236 g/mol. The lowest BCUT2D eigenvalue weighted by molar-refractivity contribution is 0.0928. The minimum absolute atomic E-state index is 0.160. The Balaban J connectivity index is 2.51. The van der Waals surface area contributed by atoms with Crippen molar-refractivity contribution in [3.05, 3.63) is 23.7 Å². The molecule has 1 unspecified atom stereocenters. The zero-order valence-electron chi connectivity index (χ0n) is 11.3. The van der Waals surface area contributed by atoms with Gasteiger partial charge in [0.05, 0.1) is 0 Å². The number of furan rings is 1. The first-order chi connectivity index (χ1) is 8.21. The van der Waals surface area contributed by atoms with E-state index >= 15 is 0 Å². The van der Waals surface area contributed by atoms with Crippen molar-refractivity contribution < 1.29 is 9.21 Å². The van der Waals surface area contributed by atoms with Gasteiger partial charge in [-0.1, -0.05) is 46.5 Å². The maximum absolute atomic E-state index is 12.0. The second-order valence-electron chi connectivity index (χ2n) is 4.66. The number of rotatable bonds is 8. The fraction of sp³-hybridized carbons (Fsp3) is 0.667. The SMILES string of the molecule is CCCCC(CC)CC(=O)c1ccc(CC)o1. The largest absolute Gasteiger partial charge is 0.458 e. The quantitative estimate of drug-likeness (QED) is 0.616. The summed E-state index contributed by atoms with van der Waals surface area (Å²) >= 11 is 0. The Labute approximate surface area is 104 Å². The molecule has 0 radical (unpaired) electrons. The zero-order chi connectivity index (χ0) is 12.7. The lowest BCUT2D eigenvalue weighted by Crippen LogP contribution is -2.07. The van der Waals surface area contributed by atoms with Gasteiger partial charge in [-0.3, -0.25) is 4.79 Å². The van der Waals surface area contributed by atoms with Gasteiger partial charge in [0.25, 0.3) is 0 Å². The van der Waals surface area contributed by atoms with Crippen LogP contribution in [0.25, 0.3) is 0 Å². The van der Waals surface area contributed by atoms with E-state index in [0.717, 1.165) is 25.0 Å². The van der Waals surface area contributed by atoms with Crippen molar-refractivity contribution in [1.82, 2.24) is 0 Å². The van der Waals surface area contributed by atoms with Crippen molar-refractivity contribution in [2.24, 2.45) is 5.92 Å². The van der Waals surface area contributed by atoms with Crippen LogP contribution in [0.5, 0.6) is 0 Å². The smallest absolute Gasteiger partial charge is 0.198 e. The Bertz CT molecular complexity index is 338. The fourth-order valence-corrected chi connectivity index (χ4v) is 2.02. The maximum atomic E-state index is 12.0. The molecule has 1 atom stereocenters. The van der Waals surface area contributed by atoms with Crippen LogP contribution in [0.4, 0.5) is 0 Å². The third-order valence-corrected chi connectivity index (χ3v) is 3.30. The highest BCUT2D eigenvalue weighted by Gasteiger charge is 2.16. The van der Waals surface area contributed by atoms with Crippen molar-refractivity contribution in [3.8, 4) is 0 Å². The van der Waals surface area contributed by atoms with Gasteiger partial charge in [0, 0.05) is 12.8 Å². The number of carbonyl (C=O) groups is 1. The van der Waals surface area contributed by atoms with Crippen molar-refractivity contribution in [2.75, 3.05) is 0 Å². The van der Waals surface area contributed by atoms with Gasteiger partial charge in [0.1, 0.15) is 5.76 Å². The van der Waals surface area contributed by atoms with Crippen molar-refractivity contribution in [1.29, 1.82) is 0 Å². The highest BCUT2D eigenvalue weighted by Crippen LogP contribution is 2.20. The van der Waals surface area contributed by atoms with Gasteiger partial charge in [0.2, 0.25) is 0 Å².